The summed E-state index contributed by atoms with van der Waals surface area (Å²) in [5, 5.41) is 2.69. The van der Waals surface area contributed by atoms with E-state index in [0.29, 0.717) is 0 Å². The fraction of sp³-hybridized carbons (Fsp3) is 0.609. The van der Waals surface area contributed by atoms with E-state index >= 15 is 0 Å². The van der Waals surface area contributed by atoms with E-state index in [9.17, 15) is 23.2 Å². The largest absolute Gasteiger partial charge is 0.467 e. The van der Waals surface area contributed by atoms with Gasteiger partial charge in [-0.15, -0.1) is 0 Å². The fourth-order valence-electron chi connectivity index (χ4n) is 3.64. The second-order valence-corrected chi connectivity index (χ2v) is 16.1. The van der Waals surface area contributed by atoms with Crippen LogP contribution in [0.4, 0.5) is 18.4 Å². The standard InChI is InChI=1S/C23H34F2N2O6Si/c1-23(2,3)33-22(30)27-18(20(28)31-4)13-17(26-21(29)32-10-11-34(5,6)7)19(27)14-8-9-15(24)16(25)12-14/h8-9,12,17-19H,10-11,13H2,1-7H3,(H,26,29)/t17-,18+,19+/m1/s1. The lowest BCUT2D eigenvalue weighted by atomic mass is 9.99. The van der Waals surface area contributed by atoms with Crippen molar-refractivity contribution in [3.63, 3.8) is 0 Å². The van der Waals surface area contributed by atoms with Crippen LogP contribution in [0.15, 0.2) is 18.2 Å². The van der Waals surface area contributed by atoms with Gasteiger partial charge in [-0.25, -0.2) is 23.2 Å². The summed E-state index contributed by atoms with van der Waals surface area (Å²) < 4.78 is 43.4. The molecule has 1 aromatic rings. The van der Waals surface area contributed by atoms with Crippen LogP contribution in [-0.4, -0.2) is 62.5 Å². The molecule has 0 radical (unpaired) electrons. The van der Waals surface area contributed by atoms with Crippen molar-refractivity contribution in [2.75, 3.05) is 13.7 Å². The SMILES string of the molecule is COC(=O)[C@@H]1C[C@@H](NC(=O)OCC[Si](C)(C)C)[C@H](c2ccc(F)c(F)c2)N1C(=O)OC(C)(C)C. The van der Waals surface area contributed by atoms with Gasteiger partial charge in [0.1, 0.15) is 11.6 Å². The van der Waals surface area contributed by atoms with E-state index in [2.05, 4.69) is 25.0 Å². The Bertz CT molecular complexity index is 916. The highest BCUT2D eigenvalue weighted by Crippen LogP contribution is 2.39. The summed E-state index contributed by atoms with van der Waals surface area (Å²) in [4.78, 5) is 39.3. The predicted octanol–water partition coefficient (Wildman–Crippen LogP) is 4.62. The number of methoxy groups -OCH3 is 1. The number of likely N-dealkylation sites (tertiary alicyclic amines) is 1. The zero-order valence-corrected chi connectivity index (χ0v) is 21.7. The molecule has 2 amide bonds. The van der Waals surface area contributed by atoms with E-state index in [1.165, 1.54) is 13.2 Å². The Morgan fingerprint density at radius 3 is 2.32 bits per heavy atom. The summed E-state index contributed by atoms with van der Waals surface area (Å²) in [6, 6.07) is 0.914. The van der Waals surface area contributed by atoms with Crippen LogP contribution in [0.2, 0.25) is 25.7 Å². The summed E-state index contributed by atoms with van der Waals surface area (Å²) in [7, 11) is -0.264. The van der Waals surface area contributed by atoms with E-state index in [1.54, 1.807) is 20.8 Å². The zero-order valence-electron chi connectivity index (χ0n) is 20.7. The van der Waals surface area contributed by atoms with Crippen molar-refractivity contribution in [3.05, 3.63) is 35.4 Å². The van der Waals surface area contributed by atoms with Crippen molar-refractivity contribution in [1.29, 1.82) is 0 Å². The fourth-order valence-corrected chi connectivity index (χ4v) is 4.36. The van der Waals surface area contributed by atoms with Gasteiger partial charge in [0.05, 0.1) is 25.8 Å². The molecule has 1 heterocycles. The summed E-state index contributed by atoms with van der Waals surface area (Å²) in [5.74, 6) is -2.92. The smallest absolute Gasteiger partial charge is 0.411 e. The third-order valence-corrected chi connectivity index (χ3v) is 6.95. The first-order valence-electron chi connectivity index (χ1n) is 11.1. The number of nitrogens with zero attached hydrogens (tertiary/aromatic N) is 1. The minimum absolute atomic E-state index is 0.0291. The van der Waals surface area contributed by atoms with E-state index in [0.717, 1.165) is 23.1 Å². The lowest BCUT2D eigenvalue weighted by molar-refractivity contribution is -0.146. The number of carbonyl (C=O) groups excluding carboxylic acids is 3. The number of halogens is 2. The van der Waals surface area contributed by atoms with Gasteiger partial charge in [-0.3, -0.25) is 4.90 Å². The van der Waals surface area contributed by atoms with Crippen LogP contribution >= 0.6 is 0 Å². The average Bonchev–Trinajstić information content (AvgIpc) is 3.06. The summed E-state index contributed by atoms with van der Waals surface area (Å²) >= 11 is 0. The van der Waals surface area contributed by atoms with Gasteiger partial charge in [0.15, 0.2) is 11.6 Å². The Hall–Kier alpha value is -2.69. The summed E-state index contributed by atoms with van der Waals surface area (Å²) in [6.45, 7) is 11.6. The van der Waals surface area contributed by atoms with Crippen LogP contribution in [0.3, 0.4) is 0 Å². The third kappa shape index (κ3) is 7.41. The molecule has 1 N–H and O–H groups in total. The molecule has 0 unspecified atom stereocenters. The van der Waals surface area contributed by atoms with Gasteiger partial charge in [-0.05, 0) is 44.5 Å². The molecule has 1 saturated heterocycles. The Labute approximate surface area is 199 Å². The molecule has 1 fully saturated rings. The Morgan fingerprint density at radius 1 is 1.15 bits per heavy atom. The molecular formula is C23H34F2N2O6Si. The lowest BCUT2D eigenvalue weighted by Crippen LogP contribution is -2.46. The average molecular weight is 501 g/mol. The number of benzene rings is 1. The van der Waals surface area contributed by atoms with Gasteiger partial charge in [0.2, 0.25) is 0 Å². The topological polar surface area (TPSA) is 94.2 Å². The van der Waals surface area contributed by atoms with Gasteiger partial charge in [0, 0.05) is 14.5 Å². The monoisotopic (exact) mass is 500 g/mol. The molecule has 1 aliphatic heterocycles. The minimum atomic E-state index is -1.44. The molecule has 1 aromatic carbocycles. The van der Waals surface area contributed by atoms with Crippen LogP contribution in [-0.2, 0) is 19.0 Å². The second kappa shape index (κ2) is 10.7. The van der Waals surface area contributed by atoms with Crippen LogP contribution in [0.25, 0.3) is 0 Å². The molecule has 2 rings (SSSR count). The second-order valence-electron chi connectivity index (χ2n) is 10.5. The Morgan fingerprint density at radius 2 is 1.79 bits per heavy atom. The number of hydrogen-bond donors (Lipinski definition) is 1. The van der Waals surface area contributed by atoms with Gasteiger partial charge in [-0.1, -0.05) is 25.7 Å². The molecule has 0 spiro atoms. The Kier molecular flexibility index (Phi) is 8.68. The Balaban J connectivity index is 2.41. The number of ether oxygens (including phenoxy) is 3. The first-order chi connectivity index (χ1) is 15.6. The van der Waals surface area contributed by atoms with Crippen molar-refractivity contribution >= 4 is 26.2 Å². The lowest BCUT2D eigenvalue weighted by Gasteiger charge is -2.33. The highest BCUT2D eigenvalue weighted by Gasteiger charge is 2.50. The van der Waals surface area contributed by atoms with Crippen LogP contribution in [0.1, 0.15) is 38.8 Å². The molecule has 0 aromatic heterocycles. The van der Waals surface area contributed by atoms with E-state index in [1.807, 2.05) is 0 Å². The third-order valence-electron chi connectivity index (χ3n) is 5.25. The molecule has 0 aliphatic carbocycles. The molecule has 34 heavy (non-hydrogen) atoms. The van der Waals surface area contributed by atoms with Gasteiger partial charge >= 0.3 is 18.2 Å². The van der Waals surface area contributed by atoms with Crippen molar-refractivity contribution in [2.24, 2.45) is 0 Å². The predicted molar refractivity (Wildman–Crippen MR) is 124 cm³/mol. The number of esters is 1. The van der Waals surface area contributed by atoms with Crippen LogP contribution in [0, 0.1) is 11.6 Å². The number of nitrogens with one attached hydrogen (secondary N) is 1. The van der Waals surface area contributed by atoms with Gasteiger partial charge in [0.25, 0.3) is 0 Å². The minimum Gasteiger partial charge on any atom is -0.467 e. The molecule has 3 atom stereocenters. The molecule has 190 valence electrons. The van der Waals surface area contributed by atoms with Crippen molar-refractivity contribution in [2.45, 2.75) is 76.6 Å². The number of hydrogen-bond acceptors (Lipinski definition) is 6. The van der Waals surface area contributed by atoms with Crippen molar-refractivity contribution < 1.29 is 37.4 Å². The van der Waals surface area contributed by atoms with Crippen LogP contribution in [0.5, 0.6) is 0 Å². The quantitative estimate of drug-likeness (QED) is 0.348. The maximum absolute atomic E-state index is 14.1. The summed E-state index contributed by atoms with van der Waals surface area (Å²) in [6.07, 6.45) is -1.61. The number of alkyl carbamates (subject to hydrolysis) is 1. The van der Waals surface area contributed by atoms with Crippen LogP contribution < -0.4 is 5.32 Å². The molecular weight excluding hydrogens is 466 g/mol. The summed E-state index contributed by atoms with van der Waals surface area (Å²) in [5.41, 5.74) is -0.707. The maximum atomic E-state index is 14.1. The molecule has 1 aliphatic rings. The van der Waals surface area contributed by atoms with Gasteiger partial charge < -0.3 is 19.5 Å². The maximum Gasteiger partial charge on any atom is 0.411 e. The normalized spacial score (nSPS) is 20.6. The molecule has 8 nitrogen and oxygen atoms in total. The molecule has 0 bridgehead atoms. The number of rotatable bonds is 6. The highest BCUT2D eigenvalue weighted by molar-refractivity contribution is 6.76. The first-order valence-corrected chi connectivity index (χ1v) is 14.8. The van der Waals surface area contributed by atoms with E-state index in [4.69, 9.17) is 14.2 Å². The highest BCUT2D eigenvalue weighted by atomic mass is 28.3. The van der Waals surface area contributed by atoms with Crippen molar-refractivity contribution in [3.8, 4) is 0 Å². The first kappa shape index (κ1) is 27.6. The van der Waals surface area contributed by atoms with Gasteiger partial charge in [-0.2, -0.15) is 0 Å². The molecule has 11 heteroatoms. The van der Waals surface area contributed by atoms with E-state index in [-0.39, 0.29) is 18.6 Å². The zero-order chi connectivity index (χ0) is 25.8. The van der Waals surface area contributed by atoms with Crippen molar-refractivity contribution in [1.82, 2.24) is 10.2 Å². The number of amides is 2. The molecule has 0 saturated carbocycles. The van der Waals surface area contributed by atoms with E-state index < -0.39 is 61.6 Å². The number of carbonyl (C=O) groups is 3.